The first-order chi connectivity index (χ1) is 7.13. The number of carbonyl (C=O) groups is 1. The molecule has 0 atom stereocenters. The van der Waals surface area contributed by atoms with Crippen LogP contribution in [-0.2, 0) is 4.79 Å². The molecule has 1 aromatic carbocycles. The second kappa shape index (κ2) is 4.83. The lowest BCUT2D eigenvalue weighted by Gasteiger charge is -1.96. The number of nitriles is 1. The SMILES string of the molecule is Cc1ccc(C#CCC(=O)O)cc1C#N. The molecule has 0 saturated heterocycles. The number of hydrogen-bond acceptors (Lipinski definition) is 2. The zero-order chi connectivity index (χ0) is 11.3. The predicted octanol–water partition coefficient (Wildman–Crippen LogP) is 1.69. The van der Waals surface area contributed by atoms with Crippen LogP contribution < -0.4 is 0 Å². The maximum absolute atomic E-state index is 10.2. The minimum absolute atomic E-state index is 0.185. The Kier molecular flexibility index (Phi) is 3.49. The lowest BCUT2D eigenvalue weighted by Crippen LogP contribution is -1.90. The summed E-state index contributed by atoms with van der Waals surface area (Å²) in [7, 11) is 0. The van der Waals surface area contributed by atoms with Crippen molar-refractivity contribution in [2.24, 2.45) is 0 Å². The molecule has 0 fully saturated rings. The van der Waals surface area contributed by atoms with Crippen LogP contribution >= 0.6 is 0 Å². The summed E-state index contributed by atoms with van der Waals surface area (Å²) in [6, 6.07) is 7.27. The van der Waals surface area contributed by atoms with Gasteiger partial charge in [0.15, 0.2) is 0 Å². The zero-order valence-corrected chi connectivity index (χ0v) is 8.24. The molecule has 0 unspecified atom stereocenters. The van der Waals surface area contributed by atoms with Crippen molar-refractivity contribution in [3.63, 3.8) is 0 Å². The van der Waals surface area contributed by atoms with Crippen molar-refractivity contribution in [2.75, 3.05) is 0 Å². The maximum atomic E-state index is 10.2. The summed E-state index contributed by atoms with van der Waals surface area (Å²) in [6.45, 7) is 1.84. The van der Waals surface area contributed by atoms with E-state index in [9.17, 15) is 4.79 Å². The van der Waals surface area contributed by atoms with Crippen LogP contribution in [-0.4, -0.2) is 11.1 Å². The van der Waals surface area contributed by atoms with Gasteiger partial charge >= 0.3 is 5.97 Å². The van der Waals surface area contributed by atoms with Gasteiger partial charge in [-0.3, -0.25) is 4.79 Å². The molecule has 1 rings (SSSR count). The number of rotatable bonds is 1. The second-order valence-corrected chi connectivity index (χ2v) is 3.01. The van der Waals surface area contributed by atoms with Gasteiger partial charge in [0.05, 0.1) is 11.6 Å². The van der Waals surface area contributed by atoms with Crippen molar-refractivity contribution in [1.82, 2.24) is 0 Å². The smallest absolute Gasteiger partial charge is 0.315 e. The highest BCUT2D eigenvalue weighted by Gasteiger charge is 1.97. The Labute approximate surface area is 88.0 Å². The van der Waals surface area contributed by atoms with Crippen molar-refractivity contribution in [3.05, 3.63) is 34.9 Å². The Morgan fingerprint density at radius 3 is 2.87 bits per heavy atom. The number of nitrogens with zero attached hydrogens (tertiary/aromatic N) is 1. The molecule has 0 radical (unpaired) electrons. The lowest BCUT2D eigenvalue weighted by atomic mass is 10.1. The number of aliphatic carboxylic acids is 1. The fourth-order valence-electron chi connectivity index (χ4n) is 1.04. The van der Waals surface area contributed by atoms with Crippen LogP contribution in [0.15, 0.2) is 18.2 Å². The molecule has 0 spiro atoms. The average Bonchev–Trinajstić information content (AvgIpc) is 2.20. The molecule has 74 valence electrons. The predicted molar refractivity (Wildman–Crippen MR) is 55.0 cm³/mol. The number of aryl methyl sites for hydroxylation is 1. The standard InChI is InChI=1S/C12H9NO2/c1-9-5-6-10(7-11(9)8-13)3-2-4-12(14)15/h5-7H,4H2,1H3,(H,14,15). The van der Waals surface area contributed by atoms with E-state index in [1.54, 1.807) is 18.2 Å². The topological polar surface area (TPSA) is 61.1 Å². The van der Waals surface area contributed by atoms with E-state index in [4.69, 9.17) is 10.4 Å². The third-order valence-corrected chi connectivity index (χ3v) is 1.83. The fraction of sp³-hybridized carbons (Fsp3) is 0.167. The van der Waals surface area contributed by atoms with Crippen molar-refractivity contribution in [2.45, 2.75) is 13.3 Å². The summed E-state index contributed by atoms with van der Waals surface area (Å²) in [5.41, 5.74) is 2.12. The van der Waals surface area contributed by atoms with Crippen LogP contribution in [0.5, 0.6) is 0 Å². The van der Waals surface area contributed by atoms with Gasteiger partial charge in [-0.25, -0.2) is 0 Å². The first kappa shape index (κ1) is 10.8. The van der Waals surface area contributed by atoms with Gasteiger partial charge in [0.1, 0.15) is 6.42 Å². The van der Waals surface area contributed by atoms with Gasteiger partial charge in [-0.2, -0.15) is 5.26 Å². The third-order valence-electron chi connectivity index (χ3n) is 1.83. The van der Waals surface area contributed by atoms with Crippen LogP contribution in [0.2, 0.25) is 0 Å². The third kappa shape index (κ3) is 3.17. The summed E-state index contributed by atoms with van der Waals surface area (Å²) >= 11 is 0. The molecule has 3 heteroatoms. The summed E-state index contributed by atoms with van der Waals surface area (Å²) in [5.74, 6) is 4.26. The highest BCUT2D eigenvalue weighted by atomic mass is 16.4. The van der Waals surface area contributed by atoms with Gasteiger partial charge in [-0.15, -0.1) is 0 Å². The minimum atomic E-state index is -0.949. The number of carboxylic acids is 1. The van der Waals surface area contributed by atoms with Crippen LogP contribution in [0.4, 0.5) is 0 Å². The normalized spacial score (nSPS) is 8.53. The highest BCUT2D eigenvalue weighted by Crippen LogP contribution is 2.08. The Morgan fingerprint density at radius 1 is 1.53 bits per heavy atom. The van der Waals surface area contributed by atoms with Crippen LogP contribution in [0.3, 0.4) is 0 Å². The molecule has 0 aromatic heterocycles. The number of benzene rings is 1. The molecule has 0 aliphatic heterocycles. The summed E-state index contributed by atoms with van der Waals surface area (Å²) in [6.07, 6.45) is -0.185. The van der Waals surface area contributed by atoms with E-state index in [2.05, 4.69) is 17.9 Å². The summed E-state index contributed by atoms with van der Waals surface area (Å²) < 4.78 is 0. The van der Waals surface area contributed by atoms with Gasteiger partial charge in [-0.1, -0.05) is 17.9 Å². The van der Waals surface area contributed by atoms with E-state index in [0.717, 1.165) is 5.56 Å². The van der Waals surface area contributed by atoms with Crippen molar-refractivity contribution < 1.29 is 9.90 Å². The monoisotopic (exact) mass is 199 g/mol. The first-order valence-electron chi connectivity index (χ1n) is 4.35. The van der Waals surface area contributed by atoms with Gasteiger partial charge in [0.2, 0.25) is 0 Å². The first-order valence-corrected chi connectivity index (χ1v) is 4.35. The highest BCUT2D eigenvalue weighted by molar-refractivity contribution is 5.70. The van der Waals surface area contributed by atoms with Crippen LogP contribution in [0.25, 0.3) is 0 Å². The van der Waals surface area contributed by atoms with Gasteiger partial charge in [-0.05, 0) is 24.6 Å². The molecule has 0 amide bonds. The van der Waals surface area contributed by atoms with Crippen LogP contribution in [0.1, 0.15) is 23.1 Å². The fourth-order valence-corrected chi connectivity index (χ4v) is 1.04. The largest absolute Gasteiger partial charge is 0.481 e. The van der Waals surface area contributed by atoms with Gasteiger partial charge in [0, 0.05) is 5.56 Å². The van der Waals surface area contributed by atoms with E-state index >= 15 is 0 Å². The van der Waals surface area contributed by atoms with Crippen LogP contribution in [0, 0.1) is 30.1 Å². The molecular weight excluding hydrogens is 190 g/mol. The van der Waals surface area contributed by atoms with Crippen molar-refractivity contribution >= 4 is 5.97 Å². The van der Waals surface area contributed by atoms with Gasteiger partial charge < -0.3 is 5.11 Å². The van der Waals surface area contributed by atoms with Crippen molar-refractivity contribution in [3.8, 4) is 17.9 Å². The Bertz CT molecular complexity index is 487. The Hall–Kier alpha value is -2.26. The average molecular weight is 199 g/mol. The summed E-state index contributed by atoms with van der Waals surface area (Å²) in [4.78, 5) is 10.2. The molecule has 0 aliphatic rings. The van der Waals surface area contributed by atoms with Gasteiger partial charge in [0.25, 0.3) is 0 Å². The van der Waals surface area contributed by atoms with Crippen molar-refractivity contribution in [1.29, 1.82) is 5.26 Å². The number of carboxylic acid groups (broad SMARTS) is 1. The van der Waals surface area contributed by atoms with E-state index in [-0.39, 0.29) is 6.42 Å². The molecule has 15 heavy (non-hydrogen) atoms. The molecule has 0 heterocycles. The molecule has 1 N–H and O–H groups in total. The number of hydrogen-bond donors (Lipinski definition) is 1. The van der Waals surface area contributed by atoms with E-state index in [1.165, 1.54) is 0 Å². The molecule has 0 bridgehead atoms. The zero-order valence-electron chi connectivity index (χ0n) is 8.24. The van der Waals surface area contributed by atoms with E-state index in [0.29, 0.717) is 11.1 Å². The molecule has 3 nitrogen and oxygen atoms in total. The van der Waals surface area contributed by atoms with E-state index < -0.39 is 5.97 Å². The molecular formula is C12H9NO2. The molecule has 0 aliphatic carbocycles. The quantitative estimate of drug-likeness (QED) is 0.700. The maximum Gasteiger partial charge on any atom is 0.315 e. The Morgan fingerprint density at radius 2 is 2.27 bits per heavy atom. The molecule has 1 aromatic rings. The van der Waals surface area contributed by atoms with E-state index in [1.807, 2.05) is 6.92 Å². The second-order valence-electron chi connectivity index (χ2n) is 3.01. The Balaban J connectivity index is 2.92. The minimum Gasteiger partial charge on any atom is -0.481 e. The summed E-state index contributed by atoms with van der Waals surface area (Å²) in [5, 5.41) is 17.1. The lowest BCUT2D eigenvalue weighted by molar-refractivity contribution is -0.135. The molecule has 0 saturated carbocycles.